The molecule has 4 rings (SSSR count). The van der Waals surface area contributed by atoms with Crippen molar-refractivity contribution in [2.24, 2.45) is 0 Å². The second-order valence-electron chi connectivity index (χ2n) is 7.83. The van der Waals surface area contributed by atoms with Gasteiger partial charge in [-0.2, -0.15) is 5.26 Å². The number of halogens is 1. The molecule has 0 bridgehead atoms. The summed E-state index contributed by atoms with van der Waals surface area (Å²) in [4.78, 5) is 38.4. The number of carbonyl (C=O) groups is 3. The van der Waals surface area contributed by atoms with Crippen molar-refractivity contribution in [1.82, 2.24) is 4.90 Å². The lowest BCUT2D eigenvalue weighted by Crippen LogP contribution is -2.42. The number of ketones is 1. The zero-order valence-electron chi connectivity index (χ0n) is 18.5. The molecule has 1 aliphatic rings. The maximum atomic E-state index is 13.2. The van der Waals surface area contributed by atoms with Crippen LogP contribution >= 0.6 is 0 Å². The third-order valence-electron chi connectivity index (χ3n) is 5.57. The third kappa shape index (κ3) is 4.34. The van der Waals surface area contributed by atoms with Gasteiger partial charge in [-0.1, -0.05) is 36.4 Å². The van der Waals surface area contributed by atoms with E-state index in [9.17, 15) is 24.0 Å². The molecule has 0 spiro atoms. The van der Waals surface area contributed by atoms with Crippen LogP contribution in [-0.2, 0) is 16.1 Å². The Hall–Kier alpha value is -4.57. The summed E-state index contributed by atoms with van der Waals surface area (Å²) in [5.41, 5.74) is 2.17. The number of nitriles is 1. The van der Waals surface area contributed by atoms with Crippen LogP contribution in [0.2, 0.25) is 0 Å². The molecule has 0 atom stereocenters. The Balaban J connectivity index is 1.67. The summed E-state index contributed by atoms with van der Waals surface area (Å²) >= 11 is 0. The number of amides is 2. The number of hydrogen-bond donors (Lipinski definition) is 0. The second-order valence-corrected chi connectivity index (χ2v) is 7.83. The van der Waals surface area contributed by atoms with Gasteiger partial charge in [0, 0.05) is 16.7 Å². The summed E-state index contributed by atoms with van der Waals surface area (Å²) in [6.07, 6.45) is 1.49. The standard InChI is InChI=1S/C27H19FN2O4/c1-16-23(13-22-11-12-25(34-22)20-7-5-19(6-8-20)17(2)31)26(32)30(27(33)24(16)14-29)15-18-3-9-21(28)10-4-18/h3-13H,15H2,1-2H3/b23-13+. The predicted molar refractivity (Wildman–Crippen MR) is 122 cm³/mol. The summed E-state index contributed by atoms with van der Waals surface area (Å²) in [6.45, 7) is 2.93. The highest BCUT2D eigenvalue weighted by Crippen LogP contribution is 2.30. The number of furan rings is 1. The lowest BCUT2D eigenvalue weighted by atomic mass is 9.94. The molecule has 0 aliphatic carbocycles. The van der Waals surface area contributed by atoms with Crippen LogP contribution in [0, 0.1) is 17.1 Å². The Morgan fingerprint density at radius 2 is 1.71 bits per heavy atom. The maximum absolute atomic E-state index is 13.2. The molecule has 6 nitrogen and oxygen atoms in total. The Labute approximate surface area is 195 Å². The van der Waals surface area contributed by atoms with E-state index in [0.717, 1.165) is 10.5 Å². The van der Waals surface area contributed by atoms with Gasteiger partial charge >= 0.3 is 0 Å². The quantitative estimate of drug-likeness (QED) is 0.305. The fourth-order valence-corrected chi connectivity index (χ4v) is 3.64. The van der Waals surface area contributed by atoms with E-state index in [2.05, 4.69) is 0 Å². The summed E-state index contributed by atoms with van der Waals surface area (Å²) in [5.74, 6) is -0.846. The minimum atomic E-state index is -0.697. The van der Waals surface area contributed by atoms with Gasteiger partial charge < -0.3 is 4.42 Å². The summed E-state index contributed by atoms with van der Waals surface area (Å²) in [7, 11) is 0. The fraction of sp³-hybridized carbons (Fsp3) is 0.111. The molecule has 1 aromatic heterocycles. The molecule has 3 aromatic rings. The van der Waals surface area contributed by atoms with Crippen molar-refractivity contribution in [1.29, 1.82) is 5.26 Å². The molecule has 7 heteroatoms. The SMILES string of the molecule is CC(=O)c1ccc(-c2ccc(/C=C3/C(=O)N(Cc4ccc(F)cc4)C(=O)C(C#N)=C3C)o2)cc1. The molecule has 34 heavy (non-hydrogen) atoms. The van der Waals surface area contributed by atoms with E-state index in [1.165, 1.54) is 37.3 Å². The van der Waals surface area contributed by atoms with Gasteiger partial charge in [0.25, 0.3) is 11.8 Å². The average molecular weight is 454 g/mol. The van der Waals surface area contributed by atoms with Crippen molar-refractivity contribution < 1.29 is 23.2 Å². The minimum Gasteiger partial charge on any atom is -0.457 e. The zero-order chi connectivity index (χ0) is 24.4. The molecule has 2 aromatic carbocycles. The molecule has 1 aliphatic heterocycles. The van der Waals surface area contributed by atoms with E-state index in [1.807, 2.05) is 6.07 Å². The van der Waals surface area contributed by atoms with Crippen molar-refractivity contribution in [2.45, 2.75) is 20.4 Å². The topological polar surface area (TPSA) is 91.4 Å². The normalized spacial score (nSPS) is 15.1. The van der Waals surface area contributed by atoms with Gasteiger partial charge in [-0.05, 0) is 55.3 Å². The van der Waals surface area contributed by atoms with E-state index in [-0.39, 0.29) is 29.0 Å². The van der Waals surface area contributed by atoms with E-state index in [0.29, 0.717) is 22.6 Å². The molecule has 2 amide bonds. The number of rotatable bonds is 5. The van der Waals surface area contributed by atoms with Gasteiger partial charge in [0.05, 0.1) is 6.54 Å². The van der Waals surface area contributed by atoms with Gasteiger partial charge in [0.15, 0.2) is 5.78 Å². The first-order chi connectivity index (χ1) is 16.3. The van der Waals surface area contributed by atoms with Crippen LogP contribution in [0.3, 0.4) is 0 Å². The first-order valence-electron chi connectivity index (χ1n) is 10.4. The second kappa shape index (κ2) is 9.12. The van der Waals surface area contributed by atoms with Crippen LogP contribution in [-0.4, -0.2) is 22.5 Å². The minimum absolute atomic E-state index is 0.0393. The summed E-state index contributed by atoms with van der Waals surface area (Å²) < 4.78 is 19.1. The first kappa shape index (κ1) is 22.6. The van der Waals surface area contributed by atoms with Crippen molar-refractivity contribution in [3.63, 3.8) is 0 Å². The molecule has 0 radical (unpaired) electrons. The van der Waals surface area contributed by atoms with Crippen LogP contribution in [0.25, 0.3) is 17.4 Å². The molecule has 0 N–H and O–H groups in total. The number of nitrogens with zero attached hydrogens (tertiary/aromatic N) is 2. The highest BCUT2D eigenvalue weighted by Gasteiger charge is 2.35. The Morgan fingerprint density at radius 3 is 2.32 bits per heavy atom. The predicted octanol–water partition coefficient (Wildman–Crippen LogP) is 5.08. The number of Topliss-reactive ketones (excluding diaryl/α,β-unsaturated/α-hetero) is 1. The largest absolute Gasteiger partial charge is 0.457 e. The Morgan fingerprint density at radius 1 is 1.03 bits per heavy atom. The van der Waals surface area contributed by atoms with Crippen LogP contribution in [0.1, 0.15) is 35.5 Å². The first-order valence-corrected chi connectivity index (χ1v) is 10.4. The number of imide groups is 1. The molecule has 0 saturated heterocycles. The van der Waals surface area contributed by atoms with Crippen molar-refractivity contribution in [3.8, 4) is 17.4 Å². The molecule has 0 fully saturated rings. The van der Waals surface area contributed by atoms with Crippen LogP contribution < -0.4 is 0 Å². The molecular weight excluding hydrogens is 435 g/mol. The van der Waals surface area contributed by atoms with Crippen molar-refractivity contribution >= 4 is 23.7 Å². The lowest BCUT2D eigenvalue weighted by Gasteiger charge is -2.27. The molecule has 2 heterocycles. The molecule has 168 valence electrons. The van der Waals surface area contributed by atoms with E-state index in [4.69, 9.17) is 4.42 Å². The van der Waals surface area contributed by atoms with Crippen LogP contribution in [0.5, 0.6) is 0 Å². The van der Waals surface area contributed by atoms with Crippen LogP contribution in [0.15, 0.2) is 81.8 Å². The van der Waals surface area contributed by atoms with Gasteiger partial charge in [-0.3, -0.25) is 19.3 Å². The smallest absolute Gasteiger partial charge is 0.271 e. The number of hydrogen-bond acceptors (Lipinski definition) is 5. The molecule has 0 unspecified atom stereocenters. The van der Waals surface area contributed by atoms with Gasteiger partial charge in [-0.15, -0.1) is 0 Å². The van der Waals surface area contributed by atoms with Gasteiger partial charge in [-0.25, -0.2) is 4.39 Å². The number of benzene rings is 2. The Kier molecular flexibility index (Phi) is 6.07. The highest BCUT2D eigenvalue weighted by molar-refractivity contribution is 6.19. The molecular formula is C27H19FN2O4. The summed E-state index contributed by atoms with van der Waals surface area (Å²) in [5, 5.41) is 9.55. The van der Waals surface area contributed by atoms with Gasteiger partial charge in [0.1, 0.15) is 29.0 Å². The lowest BCUT2D eigenvalue weighted by molar-refractivity contribution is -0.141. The van der Waals surface area contributed by atoms with Crippen molar-refractivity contribution in [2.75, 3.05) is 0 Å². The third-order valence-corrected chi connectivity index (χ3v) is 5.57. The zero-order valence-corrected chi connectivity index (χ0v) is 18.5. The van der Waals surface area contributed by atoms with Crippen LogP contribution in [0.4, 0.5) is 4.39 Å². The van der Waals surface area contributed by atoms with E-state index < -0.39 is 17.6 Å². The summed E-state index contributed by atoms with van der Waals surface area (Å²) in [6, 6.07) is 17.7. The van der Waals surface area contributed by atoms with E-state index >= 15 is 0 Å². The maximum Gasteiger partial charge on any atom is 0.271 e. The van der Waals surface area contributed by atoms with E-state index in [1.54, 1.807) is 43.3 Å². The molecule has 0 saturated carbocycles. The Bertz CT molecular complexity index is 1400. The highest BCUT2D eigenvalue weighted by atomic mass is 19.1. The average Bonchev–Trinajstić information content (AvgIpc) is 3.30. The van der Waals surface area contributed by atoms with Crippen molar-refractivity contribution in [3.05, 3.63) is 100 Å². The monoisotopic (exact) mass is 454 g/mol. The number of carbonyl (C=O) groups excluding carboxylic acids is 3. The van der Waals surface area contributed by atoms with Gasteiger partial charge in [0.2, 0.25) is 0 Å². The fourth-order valence-electron chi connectivity index (χ4n) is 3.64.